The van der Waals surface area contributed by atoms with Gasteiger partial charge in [-0.3, -0.25) is 0 Å². The third-order valence-corrected chi connectivity index (χ3v) is 3.07. The monoisotopic (exact) mass is 203 g/mol. The van der Waals surface area contributed by atoms with Crippen molar-refractivity contribution in [2.45, 2.75) is 0 Å². The van der Waals surface area contributed by atoms with Gasteiger partial charge in [-0.2, -0.15) is 14.7 Å². The normalized spacial score (nSPS) is 11.2. The highest BCUT2D eigenvalue weighted by Gasteiger charge is 2.38. The van der Waals surface area contributed by atoms with Gasteiger partial charge in [0.1, 0.15) is 0 Å². The molecule has 0 bridgehead atoms. The number of hydrogen-bond donors (Lipinski definition) is 3. The van der Waals surface area contributed by atoms with Gasteiger partial charge in [-0.1, -0.05) is 18.2 Å². The Balaban J connectivity index is 2.94. The van der Waals surface area contributed by atoms with Crippen LogP contribution in [0.25, 0.3) is 0 Å². The molecule has 3 N–H and O–H groups in total. The second kappa shape index (κ2) is 3.56. The fourth-order valence-corrected chi connectivity index (χ4v) is 1.39. The third-order valence-electron chi connectivity index (χ3n) is 1.29. The molecule has 1 aromatic rings. The number of thiocarbonyl (C=S) groups is 1. The van der Waals surface area contributed by atoms with Crippen molar-refractivity contribution < 1.29 is 14.7 Å². The van der Waals surface area contributed by atoms with Crippen LogP contribution >= 0.6 is 20.2 Å². The molecule has 64 valence electrons. The van der Waals surface area contributed by atoms with Gasteiger partial charge in [-0.05, 0) is 24.4 Å². The Morgan fingerprint density at radius 1 is 1.08 bits per heavy atom. The number of rotatable bonds is 2. The molecule has 0 saturated heterocycles. The van der Waals surface area contributed by atoms with Crippen LogP contribution in [0.1, 0.15) is 5.56 Å². The highest BCUT2D eigenvalue weighted by molar-refractivity contribution is 8.00. The maximum Gasteiger partial charge on any atom is 0.453 e. The average Bonchev–Trinajstić information content (AvgIpc) is 2.03. The molecular formula is C7H8O3PS+. The Labute approximate surface area is 75.9 Å². The summed E-state index contributed by atoms with van der Waals surface area (Å²) in [6.07, 6.45) is 0. The minimum absolute atomic E-state index is 0.192. The average molecular weight is 203 g/mol. The minimum atomic E-state index is -4.00. The largest absolute Gasteiger partial charge is 0.453 e. The van der Waals surface area contributed by atoms with Crippen molar-refractivity contribution in [3.63, 3.8) is 0 Å². The van der Waals surface area contributed by atoms with E-state index in [0.29, 0.717) is 5.56 Å². The fourth-order valence-electron chi connectivity index (χ4n) is 0.754. The third kappa shape index (κ3) is 2.30. The zero-order valence-electron chi connectivity index (χ0n) is 6.08. The predicted molar refractivity (Wildman–Crippen MR) is 51.7 cm³/mol. The van der Waals surface area contributed by atoms with Gasteiger partial charge >= 0.3 is 7.94 Å². The lowest BCUT2D eigenvalue weighted by molar-refractivity contribution is 0.352. The van der Waals surface area contributed by atoms with Gasteiger partial charge in [-0.15, -0.1) is 0 Å². The van der Waals surface area contributed by atoms with Crippen LogP contribution in [0.5, 0.6) is 0 Å². The van der Waals surface area contributed by atoms with Crippen LogP contribution in [0.15, 0.2) is 30.3 Å². The van der Waals surface area contributed by atoms with E-state index in [4.69, 9.17) is 14.7 Å². The van der Waals surface area contributed by atoms with Crippen LogP contribution < -0.4 is 0 Å². The van der Waals surface area contributed by atoms with E-state index in [0.717, 1.165) is 0 Å². The van der Waals surface area contributed by atoms with Crippen LogP contribution in [0, 0.1) is 0 Å². The van der Waals surface area contributed by atoms with Crippen LogP contribution in [-0.2, 0) is 0 Å². The topological polar surface area (TPSA) is 60.7 Å². The lowest BCUT2D eigenvalue weighted by Crippen LogP contribution is -2.03. The molecule has 3 nitrogen and oxygen atoms in total. The smallest absolute Gasteiger partial charge is 0.188 e. The van der Waals surface area contributed by atoms with Crippen molar-refractivity contribution in [2.75, 3.05) is 0 Å². The Morgan fingerprint density at radius 2 is 1.58 bits per heavy atom. The van der Waals surface area contributed by atoms with Crippen LogP contribution in [0.2, 0.25) is 0 Å². The van der Waals surface area contributed by atoms with Gasteiger partial charge in [0.15, 0.2) is 0 Å². The van der Waals surface area contributed by atoms with Crippen molar-refractivity contribution in [1.82, 2.24) is 0 Å². The molecule has 0 aliphatic rings. The summed E-state index contributed by atoms with van der Waals surface area (Å²) < 4.78 is -0.192. The molecule has 5 heteroatoms. The Morgan fingerprint density at radius 3 is 2.00 bits per heavy atom. The summed E-state index contributed by atoms with van der Waals surface area (Å²) >= 11 is 4.66. The van der Waals surface area contributed by atoms with E-state index >= 15 is 0 Å². The summed E-state index contributed by atoms with van der Waals surface area (Å²) in [7, 11) is -4.00. The Hall–Kier alpha value is -0.380. The van der Waals surface area contributed by atoms with Crippen molar-refractivity contribution >= 4 is 24.8 Å². The van der Waals surface area contributed by atoms with Gasteiger partial charge in [0.25, 0.3) is 4.61 Å². The van der Waals surface area contributed by atoms with Crippen molar-refractivity contribution in [3.05, 3.63) is 35.9 Å². The summed E-state index contributed by atoms with van der Waals surface area (Å²) in [5.41, 5.74) is 0.466. The first kappa shape index (κ1) is 9.71. The second-order valence-corrected chi connectivity index (χ2v) is 4.53. The molecule has 0 saturated carbocycles. The van der Waals surface area contributed by atoms with Crippen molar-refractivity contribution in [1.29, 1.82) is 0 Å². The van der Waals surface area contributed by atoms with Gasteiger partial charge in [-0.25, -0.2) is 0 Å². The van der Waals surface area contributed by atoms with Gasteiger partial charge in [0, 0.05) is 5.56 Å². The molecule has 0 fully saturated rings. The van der Waals surface area contributed by atoms with E-state index in [9.17, 15) is 0 Å². The molecule has 0 aliphatic carbocycles. The summed E-state index contributed by atoms with van der Waals surface area (Å²) in [6, 6.07) is 8.41. The molecule has 0 spiro atoms. The zero-order valence-corrected chi connectivity index (χ0v) is 7.79. The zero-order chi connectivity index (χ0) is 9.19. The summed E-state index contributed by atoms with van der Waals surface area (Å²) in [5.74, 6) is 0. The summed E-state index contributed by atoms with van der Waals surface area (Å²) in [5, 5.41) is 0. The maximum atomic E-state index is 8.82. The van der Waals surface area contributed by atoms with Crippen LogP contribution in [0.3, 0.4) is 0 Å². The van der Waals surface area contributed by atoms with Gasteiger partial charge in [0.2, 0.25) is 0 Å². The minimum Gasteiger partial charge on any atom is -0.188 e. The van der Waals surface area contributed by atoms with E-state index in [1.807, 2.05) is 0 Å². The molecule has 0 amide bonds. The Kier molecular flexibility index (Phi) is 2.88. The van der Waals surface area contributed by atoms with Gasteiger partial charge in [0.05, 0.1) is 0 Å². The molecule has 1 rings (SSSR count). The highest BCUT2D eigenvalue weighted by atomic mass is 32.1. The SMILES string of the molecule is O[P+](O)(O)C(=S)c1ccccc1. The van der Waals surface area contributed by atoms with Crippen LogP contribution in [-0.4, -0.2) is 19.3 Å². The first-order valence-electron chi connectivity index (χ1n) is 3.19. The van der Waals surface area contributed by atoms with E-state index in [-0.39, 0.29) is 4.61 Å². The molecule has 0 atom stereocenters. The number of benzene rings is 1. The lowest BCUT2D eigenvalue weighted by atomic mass is 10.2. The van der Waals surface area contributed by atoms with E-state index in [1.54, 1.807) is 30.3 Å². The summed E-state index contributed by atoms with van der Waals surface area (Å²) in [6.45, 7) is 0. The van der Waals surface area contributed by atoms with Crippen LogP contribution in [0.4, 0.5) is 0 Å². The molecule has 0 aromatic heterocycles. The lowest BCUT2D eigenvalue weighted by Gasteiger charge is -2.03. The quantitative estimate of drug-likeness (QED) is 0.497. The molecule has 0 radical (unpaired) electrons. The van der Waals surface area contributed by atoms with E-state index in [1.165, 1.54) is 0 Å². The Bertz CT molecular complexity index is 280. The van der Waals surface area contributed by atoms with Crippen molar-refractivity contribution in [2.24, 2.45) is 0 Å². The number of hydrogen-bond acceptors (Lipinski definition) is 4. The molecule has 0 unspecified atom stereocenters. The van der Waals surface area contributed by atoms with E-state index in [2.05, 4.69) is 12.2 Å². The maximum absolute atomic E-state index is 8.82. The molecule has 1 aromatic carbocycles. The second-order valence-electron chi connectivity index (χ2n) is 2.24. The molecule has 0 heterocycles. The fraction of sp³-hybridized carbons (Fsp3) is 0. The first-order chi connectivity index (χ1) is 5.52. The predicted octanol–water partition coefficient (Wildman–Crippen LogP) is 1.10. The first-order valence-corrected chi connectivity index (χ1v) is 5.24. The molecular weight excluding hydrogens is 195 g/mol. The molecule has 12 heavy (non-hydrogen) atoms. The van der Waals surface area contributed by atoms with Gasteiger partial charge < -0.3 is 0 Å². The summed E-state index contributed by atoms with van der Waals surface area (Å²) in [4.78, 5) is 26.5. The van der Waals surface area contributed by atoms with E-state index < -0.39 is 7.94 Å². The van der Waals surface area contributed by atoms with Crippen molar-refractivity contribution in [3.8, 4) is 0 Å². The molecule has 0 aliphatic heterocycles. The standard InChI is InChI=1S/C7H8O3PS/c8-11(9,10)7(12)6-4-2-1-3-5-6/h1-5,8-10H/q+1. The highest BCUT2D eigenvalue weighted by Crippen LogP contribution is 2.48.